The number of hydrogen-bond donors (Lipinski definition) is 2. The summed E-state index contributed by atoms with van der Waals surface area (Å²) in [6.45, 7) is 10.0. The maximum absolute atomic E-state index is 12.8. The van der Waals surface area contributed by atoms with Crippen LogP contribution in [-0.2, 0) is 6.42 Å². The molecule has 3 aliphatic rings. The highest BCUT2D eigenvalue weighted by Gasteiger charge is 2.43. The minimum Gasteiger partial charge on any atom is -0.358 e. The van der Waals surface area contributed by atoms with E-state index in [-0.39, 0.29) is 12.1 Å². The fraction of sp³-hybridized carbons (Fsp3) is 0.625. The van der Waals surface area contributed by atoms with Gasteiger partial charge in [0, 0.05) is 60.8 Å². The van der Waals surface area contributed by atoms with Crippen molar-refractivity contribution in [2.75, 3.05) is 26.2 Å². The zero-order valence-corrected chi connectivity index (χ0v) is 18.0. The molecule has 2 amide bonds. The van der Waals surface area contributed by atoms with E-state index < -0.39 is 0 Å². The molecule has 2 aromatic rings. The van der Waals surface area contributed by atoms with Crippen molar-refractivity contribution in [2.24, 2.45) is 5.92 Å². The molecule has 2 heterocycles. The smallest absolute Gasteiger partial charge is 0.317 e. The topological polar surface area (TPSA) is 51.4 Å². The van der Waals surface area contributed by atoms with Gasteiger partial charge < -0.3 is 15.2 Å². The number of nitrogens with zero attached hydrogens (tertiary/aromatic N) is 2. The molecule has 156 valence electrons. The standard InChI is InChI=1S/C24H34N4O/c1-4-27(5-2)24(29)26-17-11-20-18-7-6-8-21-23(18)19(15(3)25-21)12-22(20)28(14-17)13-16-9-10-16/h6-8,16-17,20,22,25H,4-5,9-14H2,1-3H3,(H,26,29)/t17-,20?,22+/m0/s1. The van der Waals surface area contributed by atoms with Crippen molar-refractivity contribution in [3.05, 3.63) is 35.0 Å². The third-order valence-electron chi connectivity index (χ3n) is 7.48. The Balaban J connectivity index is 1.46. The van der Waals surface area contributed by atoms with E-state index in [4.69, 9.17) is 0 Å². The van der Waals surface area contributed by atoms with Crippen LogP contribution in [0.3, 0.4) is 0 Å². The highest BCUT2D eigenvalue weighted by atomic mass is 16.2. The monoisotopic (exact) mass is 394 g/mol. The van der Waals surface area contributed by atoms with Crippen LogP contribution >= 0.6 is 0 Å². The van der Waals surface area contributed by atoms with Crippen molar-refractivity contribution < 1.29 is 4.79 Å². The summed E-state index contributed by atoms with van der Waals surface area (Å²) in [5.74, 6) is 1.35. The third-order valence-corrected chi connectivity index (χ3v) is 7.48. The molecule has 0 bridgehead atoms. The van der Waals surface area contributed by atoms with Crippen LogP contribution in [0.15, 0.2) is 18.2 Å². The van der Waals surface area contributed by atoms with Gasteiger partial charge in [-0.05, 0) is 69.6 Å². The summed E-state index contributed by atoms with van der Waals surface area (Å²) < 4.78 is 0. The van der Waals surface area contributed by atoms with Crippen LogP contribution in [0.5, 0.6) is 0 Å². The largest absolute Gasteiger partial charge is 0.358 e. The number of rotatable bonds is 5. The molecule has 1 saturated carbocycles. The Hall–Kier alpha value is -2.01. The number of benzene rings is 1. The molecule has 1 aliphatic heterocycles. The van der Waals surface area contributed by atoms with Gasteiger partial charge in [-0.1, -0.05) is 12.1 Å². The minimum absolute atomic E-state index is 0.0945. The summed E-state index contributed by atoms with van der Waals surface area (Å²) in [5, 5.41) is 4.83. The lowest BCUT2D eigenvalue weighted by Gasteiger charge is -2.47. The van der Waals surface area contributed by atoms with E-state index in [1.54, 1.807) is 0 Å². The molecule has 2 aliphatic carbocycles. The molecule has 5 heteroatoms. The number of fused-ring (bicyclic) bond motifs is 2. The Bertz CT molecular complexity index is 911. The first-order valence-electron chi connectivity index (χ1n) is 11.5. The molecule has 2 N–H and O–H groups in total. The Morgan fingerprint density at radius 1 is 1.28 bits per heavy atom. The summed E-state index contributed by atoms with van der Waals surface area (Å²) >= 11 is 0. The normalized spacial score (nSPS) is 26.4. The van der Waals surface area contributed by atoms with E-state index in [1.165, 1.54) is 47.1 Å². The zero-order valence-electron chi connectivity index (χ0n) is 18.0. The van der Waals surface area contributed by atoms with Gasteiger partial charge in [0.2, 0.25) is 0 Å². The van der Waals surface area contributed by atoms with E-state index in [0.29, 0.717) is 12.0 Å². The first kappa shape index (κ1) is 19.0. The number of likely N-dealkylation sites (tertiary alicyclic amines) is 1. The molecule has 2 fully saturated rings. The maximum atomic E-state index is 12.8. The number of hydrogen-bond acceptors (Lipinski definition) is 2. The first-order chi connectivity index (χ1) is 14.1. The summed E-state index contributed by atoms with van der Waals surface area (Å²) in [5.41, 5.74) is 5.61. The van der Waals surface area contributed by atoms with Crippen LogP contribution in [0.4, 0.5) is 4.79 Å². The van der Waals surface area contributed by atoms with Crippen LogP contribution in [0.25, 0.3) is 10.9 Å². The van der Waals surface area contributed by atoms with E-state index in [1.807, 2.05) is 4.90 Å². The highest BCUT2D eigenvalue weighted by molar-refractivity contribution is 5.89. The quantitative estimate of drug-likeness (QED) is 0.805. The van der Waals surface area contributed by atoms with Crippen molar-refractivity contribution in [3.63, 3.8) is 0 Å². The average Bonchev–Trinajstić information content (AvgIpc) is 3.46. The van der Waals surface area contributed by atoms with Crippen LogP contribution in [0.2, 0.25) is 0 Å². The summed E-state index contributed by atoms with van der Waals surface area (Å²) in [6, 6.07) is 7.62. The molecule has 0 spiro atoms. The van der Waals surface area contributed by atoms with Crippen LogP contribution < -0.4 is 5.32 Å². The number of amides is 2. The number of urea groups is 1. The lowest BCUT2D eigenvalue weighted by Crippen LogP contribution is -2.58. The first-order valence-corrected chi connectivity index (χ1v) is 11.5. The van der Waals surface area contributed by atoms with Gasteiger partial charge in [-0.3, -0.25) is 4.90 Å². The molecule has 3 atom stereocenters. The molecule has 1 unspecified atom stereocenters. The van der Waals surface area contributed by atoms with Gasteiger partial charge in [0.25, 0.3) is 0 Å². The van der Waals surface area contributed by atoms with Gasteiger partial charge in [-0.25, -0.2) is 4.79 Å². The number of carbonyl (C=O) groups excluding carboxylic acids is 1. The molecule has 29 heavy (non-hydrogen) atoms. The number of aromatic nitrogens is 1. The Morgan fingerprint density at radius 2 is 2.07 bits per heavy atom. The Labute approximate surface area is 173 Å². The van der Waals surface area contributed by atoms with Gasteiger partial charge >= 0.3 is 6.03 Å². The van der Waals surface area contributed by atoms with Crippen molar-refractivity contribution in [1.82, 2.24) is 20.1 Å². The van der Waals surface area contributed by atoms with Crippen molar-refractivity contribution in [3.8, 4) is 0 Å². The molecular weight excluding hydrogens is 360 g/mol. The van der Waals surface area contributed by atoms with Gasteiger partial charge in [-0.2, -0.15) is 0 Å². The minimum atomic E-state index is 0.0945. The van der Waals surface area contributed by atoms with Gasteiger partial charge in [0.05, 0.1) is 0 Å². The predicted molar refractivity (Wildman–Crippen MR) is 117 cm³/mol. The van der Waals surface area contributed by atoms with Crippen molar-refractivity contribution in [2.45, 2.75) is 64.5 Å². The Morgan fingerprint density at radius 3 is 2.79 bits per heavy atom. The number of aromatic amines is 1. The van der Waals surface area contributed by atoms with Gasteiger partial charge in [0.1, 0.15) is 0 Å². The SMILES string of the molecule is CCN(CC)C(=O)N[C@H]1CC2c3cccc4[nH]c(C)c(c34)C[C@H]2N(CC2CC2)C1. The second kappa shape index (κ2) is 7.35. The van der Waals surface area contributed by atoms with E-state index in [0.717, 1.165) is 38.4 Å². The number of carbonyl (C=O) groups is 1. The molecule has 1 saturated heterocycles. The second-order valence-corrected chi connectivity index (χ2v) is 9.33. The van der Waals surface area contributed by atoms with E-state index in [9.17, 15) is 4.79 Å². The lowest BCUT2D eigenvalue weighted by atomic mass is 9.73. The van der Waals surface area contributed by atoms with Crippen LogP contribution in [0, 0.1) is 12.8 Å². The highest BCUT2D eigenvalue weighted by Crippen LogP contribution is 2.45. The number of piperidine rings is 1. The fourth-order valence-electron chi connectivity index (χ4n) is 5.79. The van der Waals surface area contributed by atoms with E-state index in [2.05, 4.69) is 54.2 Å². The predicted octanol–water partition coefficient (Wildman–Crippen LogP) is 4.02. The van der Waals surface area contributed by atoms with Crippen LogP contribution in [0.1, 0.15) is 55.8 Å². The average molecular weight is 395 g/mol. The third kappa shape index (κ3) is 3.33. The number of H-pyrrole nitrogens is 1. The summed E-state index contributed by atoms with van der Waals surface area (Å²) in [7, 11) is 0. The van der Waals surface area contributed by atoms with Gasteiger partial charge in [0.15, 0.2) is 0 Å². The number of aryl methyl sites for hydroxylation is 1. The maximum Gasteiger partial charge on any atom is 0.317 e. The Kier molecular flexibility index (Phi) is 4.81. The molecule has 1 aromatic heterocycles. The molecular formula is C24H34N4O. The van der Waals surface area contributed by atoms with Crippen molar-refractivity contribution >= 4 is 16.9 Å². The molecule has 5 nitrogen and oxygen atoms in total. The summed E-state index contributed by atoms with van der Waals surface area (Å²) in [4.78, 5) is 21.0. The molecule has 5 rings (SSSR count). The zero-order chi connectivity index (χ0) is 20.1. The van der Waals surface area contributed by atoms with Crippen molar-refractivity contribution in [1.29, 1.82) is 0 Å². The second-order valence-electron chi connectivity index (χ2n) is 9.33. The fourth-order valence-corrected chi connectivity index (χ4v) is 5.79. The van der Waals surface area contributed by atoms with Gasteiger partial charge in [-0.15, -0.1) is 0 Å². The van der Waals surface area contributed by atoms with E-state index >= 15 is 0 Å². The molecule has 1 aromatic carbocycles. The van der Waals surface area contributed by atoms with Crippen LogP contribution in [-0.4, -0.2) is 59.1 Å². The number of nitrogens with one attached hydrogen (secondary N) is 2. The molecule has 0 radical (unpaired) electrons. The lowest BCUT2D eigenvalue weighted by molar-refractivity contribution is 0.0932. The summed E-state index contributed by atoms with van der Waals surface area (Å²) in [6.07, 6.45) is 4.92.